The largest absolute Gasteiger partial charge is 0.313 e. The zero-order valence-electron chi connectivity index (χ0n) is 14.2. The number of hydrogen-bond donors (Lipinski definition) is 0. The standard InChI is InChI=1S/C21H20FN3/c1-14(15-8-9-15)7-12-20(23-2)25-19-6-4-3-5-17(19)21(25)18-11-10-16(22)13-24-18/h3-7,10-13,15,21H,2,8-9H2,1H3/b14-7-,20-12+. The molecule has 0 radical (unpaired) electrons. The van der Waals surface area contributed by atoms with Gasteiger partial charge in [0.05, 0.1) is 11.9 Å². The fraction of sp³-hybridized carbons (Fsp3) is 0.238. The first-order valence-electron chi connectivity index (χ1n) is 8.54. The number of para-hydroxylation sites is 1. The van der Waals surface area contributed by atoms with E-state index in [-0.39, 0.29) is 11.9 Å². The van der Waals surface area contributed by atoms with Crippen LogP contribution in [0.25, 0.3) is 0 Å². The number of aromatic nitrogens is 1. The van der Waals surface area contributed by atoms with E-state index in [0.29, 0.717) is 0 Å². The smallest absolute Gasteiger partial charge is 0.141 e. The topological polar surface area (TPSA) is 28.5 Å². The number of aliphatic imine (C=N–C) groups is 1. The summed E-state index contributed by atoms with van der Waals surface area (Å²) in [5.41, 5.74) is 4.44. The van der Waals surface area contributed by atoms with Crippen molar-refractivity contribution in [1.82, 2.24) is 4.98 Å². The van der Waals surface area contributed by atoms with Crippen LogP contribution in [-0.4, -0.2) is 11.7 Å². The van der Waals surface area contributed by atoms with Crippen molar-refractivity contribution in [2.24, 2.45) is 10.9 Å². The molecule has 1 aromatic heterocycles. The molecule has 4 rings (SSSR count). The van der Waals surface area contributed by atoms with Gasteiger partial charge in [-0.1, -0.05) is 29.8 Å². The van der Waals surface area contributed by atoms with Crippen LogP contribution in [0.1, 0.15) is 37.1 Å². The first kappa shape index (κ1) is 15.8. The van der Waals surface area contributed by atoms with E-state index in [4.69, 9.17) is 0 Å². The highest BCUT2D eigenvalue weighted by molar-refractivity contribution is 5.73. The molecular formula is C21H20FN3. The highest BCUT2D eigenvalue weighted by Crippen LogP contribution is 2.48. The minimum absolute atomic E-state index is 0.0665. The van der Waals surface area contributed by atoms with Crippen LogP contribution in [0.4, 0.5) is 10.1 Å². The van der Waals surface area contributed by atoms with Gasteiger partial charge in [-0.2, -0.15) is 0 Å². The average molecular weight is 333 g/mol. The monoisotopic (exact) mass is 333 g/mol. The van der Waals surface area contributed by atoms with Crippen molar-refractivity contribution in [1.29, 1.82) is 0 Å². The molecule has 1 fully saturated rings. The van der Waals surface area contributed by atoms with Gasteiger partial charge in [-0.25, -0.2) is 9.38 Å². The summed E-state index contributed by atoms with van der Waals surface area (Å²) in [5, 5.41) is 0. The predicted octanol–water partition coefficient (Wildman–Crippen LogP) is 5.03. The van der Waals surface area contributed by atoms with Gasteiger partial charge in [0.2, 0.25) is 0 Å². The van der Waals surface area contributed by atoms with Crippen LogP contribution in [0.15, 0.2) is 71.1 Å². The van der Waals surface area contributed by atoms with Crippen LogP contribution in [-0.2, 0) is 0 Å². The van der Waals surface area contributed by atoms with Crippen LogP contribution in [0.5, 0.6) is 0 Å². The highest BCUT2D eigenvalue weighted by Gasteiger charge is 2.38. The summed E-state index contributed by atoms with van der Waals surface area (Å²) in [6, 6.07) is 11.3. The second kappa shape index (κ2) is 6.28. The molecule has 3 nitrogen and oxygen atoms in total. The molecule has 2 aliphatic rings. The molecule has 25 heavy (non-hydrogen) atoms. The molecule has 0 N–H and O–H groups in total. The number of anilines is 1. The fourth-order valence-electron chi connectivity index (χ4n) is 3.34. The average Bonchev–Trinajstić information content (AvgIpc) is 3.46. The van der Waals surface area contributed by atoms with Crippen LogP contribution in [0.3, 0.4) is 0 Å². The normalized spacial score (nSPS) is 20.1. The van der Waals surface area contributed by atoms with Crippen molar-refractivity contribution in [3.05, 3.63) is 83.2 Å². The van der Waals surface area contributed by atoms with Crippen molar-refractivity contribution in [2.45, 2.75) is 25.8 Å². The molecule has 1 aromatic carbocycles. The van der Waals surface area contributed by atoms with Crippen molar-refractivity contribution < 1.29 is 4.39 Å². The summed E-state index contributed by atoms with van der Waals surface area (Å²) in [7, 11) is 0. The van der Waals surface area contributed by atoms with Gasteiger partial charge in [-0.15, -0.1) is 0 Å². The zero-order valence-corrected chi connectivity index (χ0v) is 14.2. The summed E-state index contributed by atoms with van der Waals surface area (Å²) in [6.45, 7) is 5.91. The SMILES string of the molecule is C=N/C(=C\C=C(\C)C1CC1)N1c2ccccc2C1c1ccc(F)cn1. The van der Waals surface area contributed by atoms with Gasteiger partial charge in [0.25, 0.3) is 0 Å². The number of hydrogen-bond acceptors (Lipinski definition) is 3. The van der Waals surface area contributed by atoms with Gasteiger partial charge < -0.3 is 4.90 Å². The third kappa shape index (κ3) is 2.88. The number of pyridine rings is 1. The lowest BCUT2D eigenvalue weighted by Gasteiger charge is -2.44. The number of fused-ring (bicyclic) bond motifs is 1. The summed E-state index contributed by atoms with van der Waals surface area (Å²) in [6.07, 6.45) is 7.98. The lowest BCUT2D eigenvalue weighted by Crippen LogP contribution is -2.38. The van der Waals surface area contributed by atoms with Crippen molar-refractivity contribution in [2.75, 3.05) is 4.90 Å². The van der Waals surface area contributed by atoms with Gasteiger partial charge in [-0.05, 0) is 56.7 Å². The number of allylic oxidation sites excluding steroid dienone is 3. The number of rotatable bonds is 5. The maximum atomic E-state index is 13.3. The lowest BCUT2D eigenvalue weighted by molar-refractivity contribution is 0.612. The van der Waals surface area contributed by atoms with E-state index < -0.39 is 0 Å². The van der Waals surface area contributed by atoms with E-state index in [2.05, 4.69) is 46.7 Å². The molecule has 1 aliphatic carbocycles. The Kier molecular flexibility index (Phi) is 3.96. The number of nitrogens with zero attached hydrogens (tertiary/aromatic N) is 3. The molecule has 1 atom stereocenters. The maximum absolute atomic E-state index is 13.3. The Morgan fingerprint density at radius 1 is 1.24 bits per heavy atom. The first-order valence-corrected chi connectivity index (χ1v) is 8.54. The zero-order chi connectivity index (χ0) is 17.4. The Bertz CT molecular complexity index is 863. The van der Waals surface area contributed by atoms with Gasteiger partial charge in [-0.3, -0.25) is 4.98 Å². The predicted molar refractivity (Wildman–Crippen MR) is 99.1 cm³/mol. The van der Waals surface area contributed by atoms with Crippen LogP contribution in [0, 0.1) is 11.7 Å². The molecule has 0 saturated heterocycles. The minimum Gasteiger partial charge on any atom is -0.313 e. The summed E-state index contributed by atoms with van der Waals surface area (Å²) in [5.74, 6) is 1.18. The molecule has 126 valence electrons. The fourth-order valence-corrected chi connectivity index (χ4v) is 3.34. The Balaban J connectivity index is 1.72. The lowest BCUT2D eigenvalue weighted by atomic mass is 9.90. The van der Waals surface area contributed by atoms with Gasteiger partial charge in [0.1, 0.15) is 17.7 Å². The molecule has 0 bridgehead atoms. The minimum atomic E-state index is -0.330. The van der Waals surface area contributed by atoms with E-state index in [9.17, 15) is 4.39 Å². The molecule has 0 amide bonds. The second-order valence-corrected chi connectivity index (χ2v) is 6.60. The molecule has 4 heteroatoms. The third-order valence-electron chi connectivity index (χ3n) is 4.90. The summed E-state index contributed by atoms with van der Waals surface area (Å²) in [4.78, 5) is 10.6. The molecule has 1 unspecified atom stereocenters. The Hall–Kier alpha value is -2.75. The van der Waals surface area contributed by atoms with Crippen molar-refractivity contribution in [3.8, 4) is 0 Å². The van der Waals surface area contributed by atoms with Crippen LogP contribution < -0.4 is 4.90 Å². The molecule has 0 spiro atoms. The van der Waals surface area contributed by atoms with Crippen molar-refractivity contribution in [3.63, 3.8) is 0 Å². The molecule has 1 saturated carbocycles. The van der Waals surface area contributed by atoms with E-state index in [1.165, 1.54) is 36.2 Å². The number of halogens is 1. The van der Waals surface area contributed by atoms with Crippen LogP contribution in [0.2, 0.25) is 0 Å². The van der Waals surface area contributed by atoms with E-state index >= 15 is 0 Å². The van der Waals surface area contributed by atoms with Gasteiger partial charge in [0, 0.05) is 11.3 Å². The van der Waals surface area contributed by atoms with E-state index in [0.717, 1.165) is 23.1 Å². The van der Waals surface area contributed by atoms with Crippen molar-refractivity contribution >= 4 is 12.4 Å². The molecule has 2 heterocycles. The molecular weight excluding hydrogens is 313 g/mol. The van der Waals surface area contributed by atoms with Crippen LogP contribution >= 0.6 is 0 Å². The Labute approximate surface area is 147 Å². The van der Waals surface area contributed by atoms with E-state index in [1.807, 2.05) is 18.2 Å². The quantitative estimate of drug-likeness (QED) is 0.567. The van der Waals surface area contributed by atoms with Gasteiger partial charge >= 0.3 is 0 Å². The Morgan fingerprint density at radius 2 is 2.04 bits per heavy atom. The summed E-state index contributed by atoms with van der Waals surface area (Å²) >= 11 is 0. The maximum Gasteiger partial charge on any atom is 0.141 e. The molecule has 2 aromatic rings. The summed E-state index contributed by atoms with van der Waals surface area (Å²) < 4.78 is 13.3. The Morgan fingerprint density at radius 3 is 2.72 bits per heavy atom. The van der Waals surface area contributed by atoms with Gasteiger partial charge in [0.15, 0.2) is 0 Å². The third-order valence-corrected chi connectivity index (χ3v) is 4.90. The first-order chi connectivity index (χ1) is 12.2. The number of benzene rings is 1. The second-order valence-electron chi connectivity index (χ2n) is 6.60. The van der Waals surface area contributed by atoms with E-state index in [1.54, 1.807) is 6.07 Å². The highest BCUT2D eigenvalue weighted by atomic mass is 19.1. The molecule has 1 aliphatic heterocycles.